The summed E-state index contributed by atoms with van der Waals surface area (Å²) in [5.74, 6) is 0.748. The van der Waals surface area contributed by atoms with E-state index in [-0.39, 0.29) is 5.91 Å². The highest BCUT2D eigenvalue weighted by atomic mass is 16.1. The van der Waals surface area contributed by atoms with Gasteiger partial charge in [0.05, 0.1) is 0 Å². The quantitative estimate of drug-likeness (QED) is 0.882. The van der Waals surface area contributed by atoms with E-state index in [4.69, 9.17) is 0 Å². The molecule has 1 amide bonds. The minimum atomic E-state index is 0.0992. The number of hydrogen-bond acceptors (Lipinski definition) is 2. The van der Waals surface area contributed by atoms with Crippen LogP contribution >= 0.6 is 0 Å². The Bertz CT molecular complexity index is 472. The van der Waals surface area contributed by atoms with Crippen LogP contribution in [0.25, 0.3) is 0 Å². The van der Waals surface area contributed by atoms with Crippen molar-refractivity contribution in [2.24, 2.45) is 5.92 Å². The highest BCUT2D eigenvalue weighted by Crippen LogP contribution is 2.26. The Labute approximate surface area is 115 Å². The summed E-state index contributed by atoms with van der Waals surface area (Å²) in [5, 5.41) is 3.27. The van der Waals surface area contributed by atoms with Crippen molar-refractivity contribution in [3.8, 4) is 0 Å². The van der Waals surface area contributed by atoms with E-state index in [1.54, 1.807) is 0 Å². The third-order valence-corrected chi connectivity index (χ3v) is 4.57. The first-order valence-corrected chi connectivity index (χ1v) is 7.33. The molecule has 3 rings (SSSR count). The predicted molar refractivity (Wildman–Crippen MR) is 76.2 cm³/mol. The van der Waals surface area contributed by atoms with Gasteiger partial charge in [0, 0.05) is 24.7 Å². The van der Waals surface area contributed by atoms with Crippen LogP contribution in [0.15, 0.2) is 24.3 Å². The normalized spacial score (nSPS) is 29.8. The number of piperidine rings is 2. The zero-order chi connectivity index (χ0) is 13.2. The van der Waals surface area contributed by atoms with E-state index < -0.39 is 0 Å². The number of nitrogens with zero attached hydrogens (tertiary/aromatic N) is 1. The number of carbonyl (C=O) groups excluding carboxylic acids is 1. The lowest BCUT2D eigenvalue weighted by Gasteiger charge is -2.42. The van der Waals surface area contributed by atoms with E-state index in [9.17, 15) is 4.79 Å². The average Bonchev–Trinajstić information content (AvgIpc) is 2.43. The molecule has 19 heavy (non-hydrogen) atoms. The molecule has 2 fully saturated rings. The molecule has 2 aliphatic rings. The van der Waals surface area contributed by atoms with Crippen LogP contribution in [0.3, 0.4) is 0 Å². The van der Waals surface area contributed by atoms with Crippen molar-refractivity contribution in [2.75, 3.05) is 19.6 Å². The van der Waals surface area contributed by atoms with Crippen molar-refractivity contribution in [3.63, 3.8) is 0 Å². The number of hydrogen-bond donors (Lipinski definition) is 1. The third-order valence-electron chi connectivity index (χ3n) is 4.57. The van der Waals surface area contributed by atoms with E-state index in [0.717, 1.165) is 24.1 Å². The van der Waals surface area contributed by atoms with Gasteiger partial charge in [0.25, 0.3) is 5.91 Å². The largest absolute Gasteiger partial charge is 0.349 e. The molecule has 2 bridgehead atoms. The predicted octanol–water partition coefficient (Wildman–Crippen LogP) is 2.21. The van der Waals surface area contributed by atoms with Crippen molar-refractivity contribution >= 4 is 5.91 Å². The van der Waals surface area contributed by atoms with Crippen LogP contribution in [0, 0.1) is 12.8 Å². The molecule has 1 aromatic carbocycles. The summed E-state index contributed by atoms with van der Waals surface area (Å²) >= 11 is 0. The Morgan fingerprint density at radius 1 is 1.26 bits per heavy atom. The van der Waals surface area contributed by atoms with Crippen molar-refractivity contribution in [2.45, 2.75) is 32.2 Å². The zero-order valence-corrected chi connectivity index (χ0v) is 11.6. The van der Waals surface area contributed by atoms with Crippen LogP contribution in [0.2, 0.25) is 0 Å². The summed E-state index contributed by atoms with van der Waals surface area (Å²) in [5.41, 5.74) is 1.88. The van der Waals surface area contributed by atoms with E-state index in [1.165, 1.54) is 25.9 Å². The van der Waals surface area contributed by atoms with E-state index >= 15 is 0 Å². The fourth-order valence-electron chi connectivity index (χ4n) is 3.44. The Morgan fingerprint density at radius 2 is 2.11 bits per heavy atom. The first kappa shape index (κ1) is 12.7. The molecule has 0 aromatic heterocycles. The molecule has 2 saturated heterocycles. The van der Waals surface area contributed by atoms with E-state index in [2.05, 4.69) is 10.2 Å². The molecule has 0 aliphatic carbocycles. The Balaban J connectivity index is 1.68. The first-order valence-electron chi connectivity index (χ1n) is 7.33. The second-order valence-electron chi connectivity index (χ2n) is 5.89. The highest BCUT2D eigenvalue weighted by molar-refractivity contribution is 5.95. The maximum Gasteiger partial charge on any atom is 0.251 e. The van der Waals surface area contributed by atoms with Gasteiger partial charge in [0.1, 0.15) is 0 Å². The van der Waals surface area contributed by atoms with Gasteiger partial charge in [0.15, 0.2) is 0 Å². The summed E-state index contributed by atoms with van der Waals surface area (Å²) in [4.78, 5) is 14.9. The van der Waals surface area contributed by atoms with Crippen LogP contribution < -0.4 is 5.32 Å². The number of benzene rings is 1. The lowest BCUT2D eigenvalue weighted by atomic mass is 9.85. The molecular formula is C16H22N2O. The molecule has 2 aliphatic heterocycles. The summed E-state index contributed by atoms with van der Waals surface area (Å²) in [7, 11) is 0. The number of amides is 1. The summed E-state index contributed by atoms with van der Waals surface area (Å²) in [6, 6.07) is 8.19. The van der Waals surface area contributed by atoms with E-state index in [1.807, 2.05) is 31.2 Å². The number of aryl methyl sites for hydroxylation is 1. The molecule has 1 N–H and O–H groups in total. The van der Waals surface area contributed by atoms with Crippen molar-refractivity contribution in [1.82, 2.24) is 10.2 Å². The summed E-state index contributed by atoms with van der Waals surface area (Å²) in [6.07, 6.45) is 3.64. The molecule has 3 heteroatoms. The van der Waals surface area contributed by atoms with Crippen LogP contribution in [-0.4, -0.2) is 36.5 Å². The van der Waals surface area contributed by atoms with Gasteiger partial charge in [0.2, 0.25) is 0 Å². The van der Waals surface area contributed by atoms with Gasteiger partial charge in [-0.05, 0) is 50.3 Å². The van der Waals surface area contributed by atoms with Crippen molar-refractivity contribution in [3.05, 3.63) is 35.4 Å². The van der Waals surface area contributed by atoms with Gasteiger partial charge >= 0.3 is 0 Å². The second kappa shape index (κ2) is 5.33. The molecular weight excluding hydrogens is 236 g/mol. The number of nitrogens with one attached hydrogen (secondary N) is 1. The Kier molecular flexibility index (Phi) is 3.56. The van der Waals surface area contributed by atoms with E-state index in [0.29, 0.717) is 12.0 Å². The van der Waals surface area contributed by atoms with Gasteiger partial charge in [-0.1, -0.05) is 18.2 Å². The standard InChI is InChI=1S/C16H22N2O/c1-12-5-2-3-7-14(12)16(19)17-15-8-10-18-9-4-6-13(15)11-18/h2-3,5,7,13,15H,4,6,8-11H2,1H3,(H,17,19). The third kappa shape index (κ3) is 2.66. The molecule has 2 heterocycles. The summed E-state index contributed by atoms with van der Waals surface area (Å²) < 4.78 is 0. The lowest BCUT2D eigenvalue weighted by Crippen LogP contribution is -2.53. The highest BCUT2D eigenvalue weighted by Gasteiger charge is 2.32. The topological polar surface area (TPSA) is 32.3 Å². The Morgan fingerprint density at radius 3 is 2.95 bits per heavy atom. The molecule has 0 spiro atoms. The SMILES string of the molecule is Cc1ccccc1C(=O)NC1CCN2CCCC1C2. The second-order valence-corrected chi connectivity index (χ2v) is 5.89. The Hall–Kier alpha value is -1.35. The molecule has 3 nitrogen and oxygen atoms in total. The summed E-state index contributed by atoms with van der Waals surface area (Å²) in [6.45, 7) is 5.54. The lowest BCUT2D eigenvalue weighted by molar-refractivity contribution is 0.0738. The zero-order valence-electron chi connectivity index (χ0n) is 11.6. The van der Waals surface area contributed by atoms with Crippen LogP contribution in [0.5, 0.6) is 0 Å². The van der Waals surface area contributed by atoms with Gasteiger partial charge < -0.3 is 10.2 Å². The molecule has 102 valence electrons. The minimum Gasteiger partial charge on any atom is -0.349 e. The molecule has 3 unspecified atom stereocenters. The number of carbonyl (C=O) groups is 1. The molecule has 1 aromatic rings. The minimum absolute atomic E-state index is 0.0992. The van der Waals surface area contributed by atoms with Crippen molar-refractivity contribution < 1.29 is 4.79 Å². The van der Waals surface area contributed by atoms with Crippen LogP contribution in [0.1, 0.15) is 35.2 Å². The van der Waals surface area contributed by atoms with Gasteiger partial charge in [-0.3, -0.25) is 4.79 Å². The van der Waals surface area contributed by atoms with Gasteiger partial charge in [-0.2, -0.15) is 0 Å². The van der Waals surface area contributed by atoms with Crippen LogP contribution in [0.4, 0.5) is 0 Å². The molecule has 3 atom stereocenters. The number of fused-ring (bicyclic) bond motifs is 2. The fraction of sp³-hybridized carbons (Fsp3) is 0.562. The van der Waals surface area contributed by atoms with Crippen molar-refractivity contribution in [1.29, 1.82) is 0 Å². The smallest absolute Gasteiger partial charge is 0.251 e. The monoisotopic (exact) mass is 258 g/mol. The maximum absolute atomic E-state index is 12.4. The van der Waals surface area contributed by atoms with Gasteiger partial charge in [-0.15, -0.1) is 0 Å². The van der Waals surface area contributed by atoms with Gasteiger partial charge in [-0.25, -0.2) is 0 Å². The first-order chi connectivity index (χ1) is 9.24. The van der Waals surface area contributed by atoms with Crippen LogP contribution in [-0.2, 0) is 0 Å². The molecule has 0 saturated carbocycles. The average molecular weight is 258 g/mol. The maximum atomic E-state index is 12.4. The number of rotatable bonds is 2. The fourth-order valence-corrected chi connectivity index (χ4v) is 3.44. The molecule has 0 radical (unpaired) electrons.